The predicted octanol–water partition coefficient (Wildman–Crippen LogP) is 12.7. The molecule has 5 aromatic carbocycles. The highest BCUT2D eigenvalue weighted by Gasteiger charge is 2.36. The minimum absolute atomic E-state index is 0.0671. The number of benzene rings is 5. The van der Waals surface area contributed by atoms with Crippen LogP contribution in [0.15, 0.2) is 151 Å². The number of hydrogen-bond donors (Lipinski definition) is 1. The SMILES string of the molecule is C=C/C(=C\C=C(/C)C1=C(Nc2ccc3c(c2)C(C)(C)c2cc4ccccc4cc2-3)C=CCC1)c1cccc(-c2ccccc2C)c1C. The van der Waals surface area contributed by atoms with Gasteiger partial charge in [-0.25, -0.2) is 0 Å². The van der Waals surface area contributed by atoms with Gasteiger partial charge in [0.1, 0.15) is 0 Å². The molecule has 0 heterocycles. The first-order valence-corrected chi connectivity index (χ1v) is 16.8. The number of aryl methyl sites for hydroxylation is 1. The van der Waals surface area contributed by atoms with E-state index in [1.54, 1.807) is 0 Å². The van der Waals surface area contributed by atoms with Gasteiger partial charge in [-0.2, -0.15) is 0 Å². The summed E-state index contributed by atoms with van der Waals surface area (Å²) in [6.45, 7) is 15.5. The Morgan fingerprint density at radius 1 is 0.745 bits per heavy atom. The van der Waals surface area contributed by atoms with Crippen LogP contribution in [-0.4, -0.2) is 0 Å². The number of fused-ring (bicyclic) bond motifs is 4. The second-order valence-corrected chi connectivity index (χ2v) is 13.6. The van der Waals surface area contributed by atoms with Gasteiger partial charge >= 0.3 is 0 Å². The molecule has 1 heteroatoms. The van der Waals surface area contributed by atoms with Gasteiger partial charge in [-0.3, -0.25) is 0 Å². The molecule has 0 radical (unpaired) electrons. The monoisotopic (exact) mass is 609 g/mol. The zero-order chi connectivity index (χ0) is 32.7. The highest BCUT2D eigenvalue weighted by atomic mass is 14.9. The van der Waals surface area contributed by atoms with E-state index in [2.05, 4.69) is 168 Å². The van der Waals surface area contributed by atoms with Crippen LogP contribution in [0.3, 0.4) is 0 Å². The number of nitrogens with one attached hydrogen (secondary N) is 1. The molecule has 0 bridgehead atoms. The molecular weight excluding hydrogens is 567 g/mol. The van der Waals surface area contributed by atoms with Crippen molar-refractivity contribution in [2.75, 3.05) is 5.32 Å². The van der Waals surface area contributed by atoms with Crippen molar-refractivity contribution in [1.29, 1.82) is 0 Å². The molecular formula is C46H43N. The van der Waals surface area contributed by atoms with Crippen molar-refractivity contribution in [2.24, 2.45) is 0 Å². The van der Waals surface area contributed by atoms with E-state index in [1.165, 1.54) is 77.7 Å². The molecule has 0 saturated carbocycles. The lowest BCUT2D eigenvalue weighted by Crippen LogP contribution is -2.15. The Morgan fingerprint density at radius 3 is 2.26 bits per heavy atom. The summed E-state index contributed by atoms with van der Waals surface area (Å²) in [5.74, 6) is 0. The summed E-state index contributed by atoms with van der Waals surface area (Å²) in [4.78, 5) is 0. The van der Waals surface area contributed by atoms with Crippen LogP contribution >= 0.6 is 0 Å². The number of hydrogen-bond acceptors (Lipinski definition) is 1. The van der Waals surface area contributed by atoms with Crippen molar-refractivity contribution in [3.63, 3.8) is 0 Å². The quantitative estimate of drug-likeness (QED) is 0.181. The lowest BCUT2D eigenvalue weighted by Gasteiger charge is -2.23. The fourth-order valence-corrected chi connectivity index (χ4v) is 7.54. The first-order chi connectivity index (χ1) is 22.8. The molecule has 0 spiro atoms. The van der Waals surface area contributed by atoms with Gasteiger partial charge in [0.05, 0.1) is 0 Å². The maximum absolute atomic E-state index is 4.20. The van der Waals surface area contributed by atoms with Crippen molar-refractivity contribution in [1.82, 2.24) is 0 Å². The highest BCUT2D eigenvalue weighted by molar-refractivity contribution is 5.94. The van der Waals surface area contributed by atoms with Crippen molar-refractivity contribution in [3.05, 3.63) is 179 Å². The predicted molar refractivity (Wildman–Crippen MR) is 204 cm³/mol. The Bertz CT molecular complexity index is 2180. The summed E-state index contributed by atoms with van der Waals surface area (Å²) in [6.07, 6.45) is 13.1. The molecule has 0 amide bonds. The van der Waals surface area contributed by atoms with Crippen LogP contribution in [0.4, 0.5) is 5.69 Å². The van der Waals surface area contributed by atoms with E-state index in [1.807, 2.05) is 6.08 Å². The standard InChI is InChI=1S/C46H43N/c1-7-33(39-20-14-21-40(32(39)4)37-18-11-8-15-30(37)2)24-23-31(3)38-19-12-13-22-45(38)47-36-25-26-41-42-27-34-16-9-10-17-35(34)28-43(42)46(5,6)44(41)29-36/h7-11,13-18,20-29,47H,1,12,19H2,2-6H3/b31-23+,33-24+. The number of anilines is 1. The summed E-state index contributed by atoms with van der Waals surface area (Å²) in [7, 11) is 0. The third-order valence-electron chi connectivity index (χ3n) is 10.3. The Kier molecular flexibility index (Phi) is 7.94. The van der Waals surface area contributed by atoms with Crippen LogP contribution < -0.4 is 5.32 Å². The number of rotatable bonds is 7. The van der Waals surface area contributed by atoms with E-state index in [9.17, 15) is 0 Å². The molecule has 47 heavy (non-hydrogen) atoms. The van der Waals surface area contributed by atoms with Gasteiger partial charge in [0, 0.05) is 16.8 Å². The van der Waals surface area contributed by atoms with Crippen LogP contribution in [0.2, 0.25) is 0 Å². The fourth-order valence-electron chi connectivity index (χ4n) is 7.54. The first-order valence-electron chi connectivity index (χ1n) is 16.8. The molecule has 0 unspecified atom stereocenters. The first kappa shape index (κ1) is 30.5. The lowest BCUT2D eigenvalue weighted by atomic mass is 9.81. The topological polar surface area (TPSA) is 12.0 Å². The van der Waals surface area contributed by atoms with Crippen LogP contribution in [0, 0.1) is 13.8 Å². The Hall–Kier alpha value is -5.14. The Labute approximate surface area is 280 Å². The average Bonchev–Trinajstić information content (AvgIpc) is 3.30. The van der Waals surface area contributed by atoms with E-state index in [0.717, 1.165) is 24.1 Å². The van der Waals surface area contributed by atoms with Crippen molar-refractivity contribution < 1.29 is 0 Å². The van der Waals surface area contributed by atoms with Crippen LogP contribution in [0.25, 0.3) is 38.6 Å². The molecule has 5 aromatic rings. The molecule has 0 saturated heterocycles. The van der Waals surface area contributed by atoms with Crippen LogP contribution in [0.1, 0.15) is 61.4 Å². The van der Waals surface area contributed by atoms with Crippen LogP contribution in [0.5, 0.6) is 0 Å². The Balaban J connectivity index is 1.20. The van der Waals surface area contributed by atoms with Gasteiger partial charge < -0.3 is 5.32 Å². The van der Waals surface area contributed by atoms with Crippen molar-refractivity contribution in [3.8, 4) is 22.3 Å². The molecule has 0 aliphatic heterocycles. The molecule has 2 aliphatic carbocycles. The summed E-state index contributed by atoms with van der Waals surface area (Å²) >= 11 is 0. The van der Waals surface area contributed by atoms with E-state index in [-0.39, 0.29) is 5.41 Å². The van der Waals surface area contributed by atoms with Gasteiger partial charge in [-0.05, 0) is 142 Å². The van der Waals surface area contributed by atoms with Gasteiger partial charge in [-0.15, -0.1) is 0 Å². The average molecular weight is 610 g/mol. The summed E-state index contributed by atoms with van der Waals surface area (Å²) in [5, 5.41) is 6.42. The van der Waals surface area contributed by atoms with Crippen molar-refractivity contribution in [2.45, 2.75) is 52.9 Å². The third kappa shape index (κ3) is 5.51. The number of allylic oxidation sites excluding steroid dienone is 8. The Morgan fingerprint density at radius 2 is 1.47 bits per heavy atom. The van der Waals surface area contributed by atoms with Gasteiger partial charge in [0.25, 0.3) is 0 Å². The van der Waals surface area contributed by atoms with Crippen LogP contribution in [-0.2, 0) is 5.41 Å². The minimum Gasteiger partial charge on any atom is -0.355 e. The second kappa shape index (κ2) is 12.2. The maximum atomic E-state index is 4.20. The summed E-state index contributed by atoms with van der Waals surface area (Å²) in [6, 6.07) is 35.6. The highest BCUT2D eigenvalue weighted by Crippen LogP contribution is 2.50. The van der Waals surface area contributed by atoms with E-state index in [0.29, 0.717) is 0 Å². The van der Waals surface area contributed by atoms with Gasteiger partial charge in [0.2, 0.25) is 0 Å². The smallest absolute Gasteiger partial charge is 0.0416 e. The fraction of sp³-hybridized carbons (Fsp3) is 0.174. The lowest BCUT2D eigenvalue weighted by molar-refractivity contribution is 0.661. The molecule has 1 N–H and O–H groups in total. The van der Waals surface area contributed by atoms with E-state index < -0.39 is 0 Å². The molecule has 0 atom stereocenters. The molecule has 1 nitrogen and oxygen atoms in total. The molecule has 232 valence electrons. The summed E-state index contributed by atoms with van der Waals surface area (Å²) in [5.41, 5.74) is 17.8. The third-order valence-corrected chi connectivity index (χ3v) is 10.3. The maximum Gasteiger partial charge on any atom is 0.0416 e. The van der Waals surface area contributed by atoms with Gasteiger partial charge in [-0.1, -0.05) is 118 Å². The molecule has 7 rings (SSSR count). The van der Waals surface area contributed by atoms with Crippen molar-refractivity contribution >= 4 is 22.0 Å². The zero-order valence-electron chi connectivity index (χ0n) is 28.2. The second-order valence-electron chi connectivity index (χ2n) is 13.6. The molecule has 0 aromatic heterocycles. The van der Waals surface area contributed by atoms with E-state index >= 15 is 0 Å². The summed E-state index contributed by atoms with van der Waals surface area (Å²) < 4.78 is 0. The zero-order valence-corrected chi connectivity index (χ0v) is 28.2. The molecule has 0 fully saturated rings. The van der Waals surface area contributed by atoms with Gasteiger partial charge in [0.15, 0.2) is 0 Å². The minimum atomic E-state index is -0.0671. The molecule has 2 aliphatic rings. The van der Waals surface area contributed by atoms with E-state index in [4.69, 9.17) is 0 Å². The normalized spacial score (nSPS) is 15.5. The largest absolute Gasteiger partial charge is 0.355 e.